The molecule has 2 nitrogen and oxygen atoms in total. The maximum Gasteiger partial charge on any atom is 0.303 e. The fourth-order valence-electron chi connectivity index (χ4n) is 1.45. The van der Waals surface area contributed by atoms with Gasteiger partial charge in [0.15, 0.2) is 0 Å². The molecular formula is C11H12Cl2O2. The van der Waals surface area contributed by atoms with Gasteiger partial charge >= 0.3 is 5.97 Å². The average Bonchev–Trinajstić information content (AvgIpc) is 2.10. The fourth-order valence-corrected chi connectivity index (χ4v) is 2.00. The summed E-state index contributed by atoms with van der Waals surface area (Å²) in [6.45, 7) is 1.87. The number of aliphatic carboxylic acids is 1. The van der Waals surface area contributed by atoms with Gasteiger partial charge in [-0.1, -0.05) is 36.2 Å². The molecule has 1 rings (SSSR count). The van der Waals surface area contributed by atoms with Crippen LogP contribution in [0.4, 0.5) is 0 Å². The zero-order valence-corrected chi connectivity index (χ0v) is 9.85. The minimum Gasteiger partial charge on any atom is -0.481 e. The molecule has 82 valence electrons. The summed E-state index contributed by atoms with van der Waals surface area (Å²) in [5, 5.41) is 9.83. The van der Waals surface area contributed by atoms with Gasteiger partial charge in [0, 0.05) is 16.5 Å². The first-order chi connectivity index (χ1) is 7.00. The van der Waals surface area contributed by atoms with Gasteiger partial charge in [-0.25, -0.2) is 0 Å². The number of hydrogen-bond acceptors (Lipinski definition) is 1. The summed E-state index contributed by atoms with van der Waals surface area (Å²) in [6.07, 6.45) is 0.715. The Morgan fingerprint density at radius 2 is 1.93 bits per heavy atom. The Balaban J connectivity index is 2.76. The van der Waals surface area contributed by atoms with E-state index in [1.165, 1.54) is 0 Å². The highest BCUT2D eigenvalue weighted by Gasteiger charge is 2.12. The zero-order valence-electron chi connectivity index (χ0n) is 8.34. The maximum atomic E-state index is 10.5. The largest absolute Gasteiger partial charge is 0.481 e. The second-order valence-corrected chi connectivity index (χ2v) is 4.42. The first-order valence-electron chi connectivity index (χ1n) is 4.65. The van der Waals surface area contributed by atoms with Gasteiger partial charge in [-0.2, -0.15) is 0 Å². The SMILES string of the molecule is CC(CC(=O)O)Cc1c(Cl)cccc1Cl. The van der Waals surface area contributed by atoms with Crippen LogP contribution in [-0.2, 0) is 11.2 Å². The second kappa shape index (κ2) is 5.38. The lowest BCUT2D eigenvalue weighted by molar-refractivity contribution is -0.137. The van der Waals surface area contributed by atoms with Gasteiger partial charge in [0.05, 0.1) is 0 Å². The van der Waals surface area contributed by atoms with Crippen molar-refractivity contribution in [3.63, 3.8) is 0 Å². The highest BCUT2D eigenvalue weighted by Crippen LogP contribution is 2.27. The van der Waals surface area contributed by atoms with Gasteiger partial charge in [-0.15, -0.1) is 0 Å². The van der Waals surface area contributed by atoms with Crippen LogP contribution in [-0.4, -0.2) is 11.1 Å². The Morgan fingerprint density at radius 3 is 2.40 bits per heavy atom. The number of halogens is 2. The number of benzene rings is 1. The molecule has 0 aliphatic heterocycles. The van der Waals surface area contributed by atoms with Crippen LogP contribution in [0.25, 0.3) is 0 Å². The van der Waals surface area contributed by atoms with Crippen LogP contribution in [0.1, 0.15) is 18.9 Å². The molecule has 0 fully saturated rings. The molecule has 0 aliphatic rings. The third kappa shape index (κ3) is 3.73. The molecule has 0 radical (unpaired) electrons. The van der Waals surface area contributed by atoms with E-state index in [2.05, 4.69) is 0 Å². The third-order valence-electron chi connectivity index (χ3n) is 2.14. The Kier molecular flexibility index (Phi) is 4.43. The van der Waals surface area contributed by atoms with Crippen molar-refractivity contribution in [2.45, 2.75) is 19.8 Å². The summed E-state index contributed by atoms with van der Waals surface area (Å²) in [7, 11) is 0. The standard InChI is InChI=1S/C11H12Cl2O2/c1-7(6-11(14)15)5-8-9(12)3-2-4-10(8)13/h2-4,7H,5-6H2,1H3,(H,14,15). The molecule has 0 saturated carbocycles. The van der Waals surface area contributed by atoms with E-state index >= 15 is 0 Å². The smallest absolute Gasteiger partial charge is 0.303 e. The molecule has 0 aliphatic carbocycles. The normalized spacial score (nSPS) is 12.5. The fraction of sp³-hybridized carbons (Fsp3) is 0.364. The maximum absolute atomic E-state index is 10.5. The molecule has 0 aromatic heterocycles. The molecular weight excluding hydrogens is 235 g/mol. The first kappa shape index (κ1) is 12.3. The van der Waals surface area contributed by atoms with Gasteiger partial charge < -0.3 is 5.11 Å². The average molecular weight is 247 g/mol. The molecule has 1 aromatic carbocycles. The van der Waals surface area contributed by atoms with Crippen LogP contribution in [0.5, 0.6) is 0 Å². The Morgan fingerprint density at radius 1 is 1.40 bits per heavy atom. The van der Waals surface area contributed by atoms with Crippen LogP contribution >= 0.6 is 23.2 Å². The third-order valence-corrected chi connectivity index (χ3v) is 2.85. The number of hydrogen-bond donors (Lipinski definition) is 1. The van der Waals surface area contributed by atoms with Crippen molar-refractivity contribution in [2.24, 2.45) is 5.92 Å². The lowest BCUT2D eigenvalue weighted by atomic mass is 9.98. The van der Waals surface area contributed by atoms with Gasteiger partial charge in [0.2, 0.25) is 0 Å². The van der Waals surface area contributed by atoms with Crippen molar-refractivity contribution in [2.75, 3.05) is 0 Å². The van der Waals surface area contributed by atoms with Crippen molar-refractivity contribution < 1.29 is 9.90 Å². The van der Waals surface area contributed by atoms with E-state index in [0.29, 0.717) is 16.5 Å². The monoisotopic (exact) mass is 246 g/mol. The van der Waals surface area contributed by atoms with E-state index in [9.17, 15) is 4.79 Å². The van der Waals surface area contributed by atoms with Crippen molar-refractivity contribution in [3.8, 4) is 0 Å². The van der Waals surface area contributed by atoms with E-state index in [1.807, 2.05) is 6.92 Å². The van der Waals surface area contributed by atoms with E-state index in [4.69, 9.17) is 28.3 Å². The zero-order chi connectivity index (χ0) is 11.4. The van der Waals surface area contributed by atoms with Crippen LogP contribution in [0.3, 0.4) is 0 Å². The number of carboxylic acids is 1. The van der Waals surface area contributed by atoms with Gasteiger partial charge in [0.25, 0.3) is 0 Å². The minimum absolute atomic E-state index is 0.0277. The number of carbonyl (C=O) groups is 1. The van der Waals surface area contributed by atoms with Crippen LogP contribution in [0, 0.1) is 5.92 Å². The van der Waals surface area contributed by atoms with Crippen molar-refractivity contribution in [1.29, 1.82) is 0 Å². The van der Waals surface area contributed by atoms with Gasteiger partial charge in [-0.3, -0.25) is 4.79 Å². The van der Waals surface area contributed by atoms with E-state index < -0.39 is 5.97 Å². The quantitative estimate of drug-likeness (QED) is 0.881. The first-order valence-corrected chi connectivity index (χ1v) is 5.41. The topological polar surface area (TPSA) is 37.3 Å². The van der Waals surface area contributed by atoms with Gasteiger partial charge in [-0.05, 0) is 30.0 Å². The highest BCUT2D eigenvalue weighted by atomic mass is 35.5. The van der Waals surface area contributed by atoms with Crippen molar-refractivity contribution in [3.05, 3.63) is 33.8 Å². The van der Waals surface area contributed by atoms with E-state index in [1.54, 1.807) is 18.2 Å². The van der Waals surface area contributed by atoms with E-state index in [-0.39, 0.29) is 12.3 Å². The molecule has 0 heterocycles. The lowest BCUT2D eigenvalue weighted by Crippen LogP contribution is -2.07. The van der Waals surface area contributed by atoms with Gasteiger partial charge in [0.1, 0.15) is 0 Å². The predicted molar refractivity (Wildman–Crippen MR) is 61.6 cm³/mol. The second-order valence-electron chi connectivity index (χ2n) is 3.61. The summed E-state index contributed by atoms with van der Waals surface area (Å²) in [6, 6.07) is 5.29. The molecule has 0 amide bonds. The van der Waals surface area contributed by atoms with Crippen LogP contribution < -0.4 is 0 Å². The summed E-state index contributed by atoms with van der Waals surface area (Å²) in [5.41, 5.74) is 0.828. The molecule has 1 N–H and O–H groups in total. The molecule has 0 saturated heterocycles. The number of rotatable bonds is 4. The summed E-state index contributed by atoms with van der Waals surface area (Å²) >= 11 is 12.0. The van der Waals surface area contributed by atoms with Crippen LogP contribution in [0.15, 0.2) is 18.2 Å². The lowest BCUT2D eigenvalue weighted by Gasteiger charge is -2.11. The van der Waals surface area contributed by atoms with E-state index in [0.717, 1.165) is 5.56 Å². The van der Waals surface area contributed by atoms with Crippen molar-refractivity contribution in [1.82, 2.24) is 0 Å². The molecule has 1 unspecified atom stereocenters. The molecule has 0 spiro atoms. The Labute approximate surface area is 98.8 Å². The van der Waals surface area contributed by atoms with Crippen molar-refractivity contribution >= 4 is 29.2 Å². The molecule has 1 aromatic rings. The summed E-state index contributed by atoms with van der Waals surface area (Å²) in [5.74, 6) is -0.773. The van der Waals surface area contributed by atoms with Crippen LogP contribution in [0.2, 0.25) is 10.0 Å². The molecule has 0 bridgehead atoms. The Bertz CT molecular complexity index is 343. The molecule has 4 heteroatoms. The summed E-state index contributed by atoms with van der Waals surface area (Å²) in [4.78, 5) is 10.5. The predicted octanol–water partition coefficient (Wildman–Crippen LogP) is 3.65. The minimum atomic E-state index is -0.800. The number of carboxylic acid groups (broad SMARTS) is 1. The molecule has 15 heavy (non-hydrogen) atoms. The molecule has 1 atom stereocenters. The summed E-state index contributed by atoms with van der Waals surface area (Å²) < 4.78 is 0. The highest BCUT2D eigenvalue weighted by molar-refractivity contribution is 6.35. The Hall–Kier alpha value is -0.730.